The number of rotatable bonds is 7. The van der Waals surface area contributed by atoms with Crippen molar-refractivity contribution >= 4 is 16.9 Å². The lowest BCUT2D eigenvalue weighted by Crippen LogP contribution is -2.61. The van der Waals surface area contributed by atoms with E-state index >= 15 is 0 Å². The number of aromatic hydroxyl groups is 3. The molecule has 1 aliphatic heterocycles. The number of aliphatic hydroxyl groups is 3. The van der Waals surface area contributed by atoms with E-state index in [9.17, 15) is 40.2 Å². The number of hydrogen-bond donors (Lipinski definition) is 6. The van der Waals surface area contributed by atoms with E-state index in [1.54, 1.807) is 0 Å². The van der Waals surface area contributed by atoms with Crippen molar-refractivity contribution in [2.45, 2.75) is 50.5 Å². The Morgan fingerprint density at radius 3 is 2.38 bits per heavy atom. The van der Waals surface area contributed by atoms with Crippen LogP contribution in [0.4, 0.5) is 0 Å². The average molecular weight is 518 g/mol. The molecule has 1 fully saturated rings. The third-order valence-electron chi connectivity index (χ3n) is 5.85. The molecule has 6 N–H and O–H groups in total. The molecule has 0 amide bonds. The molecule has 0 aliphatic carbocycles. The zero-order valence-corrected chi connectivity index (χ0v) is 19.6. The van der Waals surface area contributed by atoms with Gasteiger partial charge in [-0.2, -0.15) is 0 Å². The smallest absolute Gasteiger partial charge is 0.343 e. The largest absolute Gasteiger partial charge is 0.508 e. The van der Waals surface area contributed by atoms with Crippen LogP contribution in [0, 0.1) is 0 Å². The van der Waals surface area contributed by atoms with E-state index in [4.69, 9.17) is 18.6 Å². The summed E-state index contributed by atoms with van der Waals surface area (Å²) < 4.78 is 21.8. The third-order valence-corrected chi connectivity index (χ3v) is 5.85. The minimum atomic E-state index is -1.95. The summed E-state index contributed by atoms with van der Waals surface area (Å²) in [6.07, 6.45) is -7.32. The number of ether oxygens (including phenoxy) is 3. The van der Waals surface area contributed by atoms with Gasteiger partial charge in [-0.1, -0.05) is 13.3 Å². The Labute approximate surface area is 209 Å². The minimum Gasteiger partial charge on any atom is -0.508 e. The fourth-order valence-electron chi connectivity index (χ4n) is 3.91. The number of phenols is 3. The maximum absolute atomic E-state index is 13.4. The Morgan fingerprint density at radius 2 is 1.70 bits per heavy atom. The number of aliphatic hydroxyl groups excluding tert-OH is 3. The number of hydrogen-bond acceptors (Lipinski definition) is 12. The van der Waals surface area contributed by atoms with E-state index < -0.39 is 59.4 Å². The van der Waals surface area contributed by atoms with E-state index in [0.29, 0.717) is 6.42 Å². The molecule has 12 heteroatoms. The summed E-state index contributed by atoms with van der Waals surface area (Å²) in [5.41, 5.74) is -0.997. The van der Waals surface area contributed by atoms with E-state index in [2.05, 4.69) is 0 Å². The van der Waals surface area contributed by atoms with Crippen LogP contribution in [0.2, 0.25) is 0 Å². The zero-order chi connectivity index (χ0) is 26.9. The quantitative estimate of drug-likeness (QED) is 0.193. The maximum atomic E-state index is 13.4. The Balaban J connectivity index is 1.79. The zero-order valence-electron chi connectivity index (χ0n) is 19.6. The van der Waals surface area contributed by atoms with Crippen LogP contribution in [0.5, 0.6) is 23.0 Å². The Kier molecular flexibility index (Phi) is 7.66. The molecular weight excluding hydrogens is 492 g/mol. The van der Waals surface area contributed by atoms with Crippen LogP contribution in [0.1, 0.15) is 19.8 Å². The minimum absolute atomic E-state index is 0.0927. The molecule has 0 saturated carbocycles. The van der Waals surface area contributed by atoms with E-state index in [-0.39, 0.29) is 34.6 Å². The second-order valence-electron chi connectivity index (χ2n) is 8.51. The lowest BCUT2D eigenvalue weighted by molar-refractivity contribution is -0.286. The van der Waals surface area contributed by atoms with E-state index in [1.807, 2.05) is 6.92 Å². The molecule has 5 unspecified atom stereocenters. The molecule has 5 atom stereocenters. The van der Waals surface area contributed by atoms with Crippen molar-refractivity contribution in [3.8, 4) is 34.3 Å². The summed E-state index contributed by atoms with van der Waals surface area (Å²) >= 11 is 0. The molecule has 1 aromatic heterocycles. The lowest BCUT2D eigenvalue weighted by Gasteiger charge is -2.39. The van der Waals surface area contributed by atoms with Crippen LogP contribution in [0.3, 0.4) is 0 Å². The van der Waals surface area contributed by atoms with Crippen LogP contribution >= 0.6 is 0 Å². The number of benzene rings is 2. The van der Waals surface area contributed by atoms with Crippen LogP contribution in [-0.2, 0) is 14.3 Å². The van der Waals surface area contributed by atoms with Crippen LogP contribution < -0.4 is 10.2 Å². The van der Waals surface area contributed by atoms with Gasteiger partial charge in [-0.15, -0.1) is 0 Å². The van der Waals surface area contributed by atoms with Crippen molar-refractivity contribution in [3.63, 3.8) is 0 Å². The van der Waals surface area contributed by atoms with Crippen molar-refractivity contribution in [1.82, 2.24) is 0 Å². The molecular formula is C25H26O12. The second kappa shape index (κ2) is 10.7. The van der Waals surface area contributed by atoms with Gasteiger partial charge in [0.15, 0.2) is 18.2 Å². The van der Waals surface area contributed by atoms with Crippen molar-refractivity contribution in [3.05, 3.63) is 46.6 Å². The van der Waals surface area contributed by atoms with Crippen molar-refractivity contribution in [2.24, 2.45) is 0 Å². The first-order valence-electron chi connectivity index (χ1n) is 11.5. The number of carbonyl (C=O) groups excluding carboxylic acids is 1. The maximum Gasteiger partial charge on any atom is 0.343 e. The molecule has 4 rings (SSSR count). The summed E-state index contributed by atoms with van der Waals surface area (Å²) in [5, 5.41) is 59.8. The van der Waals surface area contributed by atoms with Crippen LogP contribution in [0.25, 0.3) is 22.3 Å². The summed E-state index contributed by atoms with van der Waals surface area (Å²) in [5.74, 6) is -3.33. The van der Waals surface area contributed by atoms with Crippen molar-refractivity contribution < 1.29 is 54.1 Å². The van der Waals surface area contributed by atoms with Gasteiger partial charge < -0.3 is 49.3 Å². The molecule has 0 bridgehead atoms. The number of carbonyl (C=O) groups is 1. The lowest BCUT2D eigenvalue weighted by atomic mass is 9.98. The van der Waals surface area contributed by atoms with Gasteiger partial charge >= 0.3 is 5.97 Å². The molecule has 37 heavy (non-hydrogen) atoms. The SMILES string of the molecule is CCCCOC1C(C(=O)Oc2c(-c3ccc(O)cc3)oc3cc(O)cc(O)c3c2=O)OC(O)C(O)C1O. The summed E-state index contributed by atoms with van der Waals surface area (Å²) in [7, 11) is 0. The van der Waals surface area contributed by atoms with Gasteiger partial charge in [0, 0.05) is 24.3 Å². The highest BCUT2D eigenvalue weighted by Crippen LogP contribution is 2.36. The van der Waals surface area contributed by atoms with Gasteiger partial charge in [-0.25, -0.2) is 4.79 Å². The predicted molar refractivity (Wildman–Crippen MR) is 126 cm³/mol. The van der Waals surface area contributed by atoms with Gasteiger partial charge in [-0.05, 0) is 30.7 Å². The van der Waals surface area contributed by atoms with Gasteiger partial charge in [-0.3, -0.25) is 4.79 Å². The normalized spacial score (nSPS) is 23.7. The van der Waals surface area contributed by atoms with Gasteiger partial charge in [0.2, 0.25) is 11.2 Å². The first-order valence-corrected chi connectivity index (χ1v) is 11.5. The third kappa shape index (κ3) is 5.24. The molecule has 198 valence electrons. The Bertz CT molecular complexity index is 1330. The van der Waals surface area contributed by atoms with Gasteiger partial charge in [0.1, 0.15) is 46.5 Å². The summed E-state index contributed by atoms with van der Waals surface area (Å²) in [4.78, 5) is 26.6. The molecule has 0 radical (unpaired) electrons. The molecule has 2 aromatic carbocycles. The number of unbranched alkanes of at least 4 members (excludes halogenated alkanes) is 1. The van der Waals surface area contributed by atoms with Crippen LogP contribution in [-0.4, -0.2) is 73.9 Å². The fraction of sp³-hybridized carbons (Fsp3) is 0.360. The predicted octanol–water partition coefficient (Wildman–Crippen LogP) is 1.11. The Morgan fingerprint density at radius 1 is 1.00 bits per heavy atom. The molecule has 0 spiro atoms. The Hall–Kier alpha value is -3.68. The number of fused-ring (bicyclic) bond motifs is 1. The van der Waals surface area contributed by atoms with Gasteiger partial charge in [0.05, 0.1) is 0 Å². The van der Waals surface area contributed by atoms with E-state index in [1.165, 1.54) is 24.3 Å². The second-order valence-corrected chi connectivity index (χ2v) is 8.51. The molecule has 3 aromatic rings. The van der Waals surface area contributed by atoms with Crippen molar-refractivity contribution in [2.75, 3.05) is 6.61 Å². The first-order chi connectivity index (χ1) is 17.6. The fourth-order valence-corrected chi connectivity index (χ4v) is 3.91. The number of esters is 1. The van der Waals surface area contributed by atoms with Crippen LogP contribution in [0.15, 0.2) is 45.6 Å². The highest BCUT2D eigenvalue weighted by atomic mass is 16.7. The molecule has 1 aliphatic rings. The van der Waals surface area contributed by atoms with Gasteiger partial charge in [0.25, 0.3) is 0 Å². The summed E-state index contributed by atoms with van der Waals surface area (Å²) in [6.45, 7) is 1.99. The average Bonchev–Trinajstić information content (AvgIpc) is 2.85. The molecule has 12 nitrogen and oxygen atoms in total. The summed E-state index contributed by atoms with van der Waals surface area (Å²) in [6, 6.07) is 7.32. The number of phenolic OH excluding ortho intramolecular Hbond substituents is 3. The highest BCUT2D eigenvalue weighted by molar-refractivity contribution is 5.90. The monoisotopic (exact) mass is 518 g/mol. The van der Waals surface area contributed by atoms with E-state index in [0.717, 1.165) is 18.6 Å². The standard InChI is InChI=1S/C25H26O12/c1-2-3-8-34-21-18(30)19(31)24(32)37-23(21)25(33)36-22-17(29)16-14(28)9-13(27)10-15(16)35-20(22)11-4-6-12(26)7-5-11/h4-7,9-10,18-19,21,23-24,26-28,30-32H,2-3,8H2,1H3. The van der Waals surface area contributed by atoms with Crippen molar-refractivity contribution in [1.29, 1.82) is 0 Å². The molecule has 1 saturated heterocycles. The topological polar surface area (TPSA) is 196 Å². The highest BCUT2D eigenvalue weighted by Gasteiger charge is 2.49. The first kappa shape index (κ1) is 26.4. The molecule has 2 heterocycles.